The summed E-state index contributed by atoms with van der Waals surface area (Å²) in [5.41, 5.74) is -2.64. The molecule has 1 heterocycles. The highest BCUT2D eigenvalue weighted by molar-refractivity contribution is 6.31. The number of benzene rings is 1. The van der Waals surface area contributed by atoms with E-state index in [1.165, 1.54) is 6.07 Å². The van der Waals surface area contributed by atoms with E-state index in [0.717, 1.165) is 22.9 Å². The van der Waals surface area contributed by atoms with Gasteiger partial charge in [0.15, 0.2) is 0 Å². The summed E-state index contributed by atoms with van der Waals surface area (Å²) in [4.78, 5) is 36.1. The Morgan fingerprint density at radius 3 is 2.57 bits per heavy atom. The van der Waals surface area contributed by atoms with Crippen molar-refractivity contribution < 1.29 is 18.0 Å². The maximum atomic E-state index is 12.7. The number of aromatic amines is 1. The number of nitrogens with one attached hydrogen (secondary N) is 2. The Kier molecular flexibility index (Phi) is 4.60. The Morgan fingerprint density at radius 1 is 1.26 bits per heavy atom. The van der Waals surface area contributed by atoms with Crippen LogP contribution in [0.4, 0.5) is 18.9 Å². The lowest BCUT2D eigenvalue weighted by Gasteiger charge is -2.12. The van der Waals surface area contributed by atoms with Crippen LogP contribution in [0.2, 0.25) is 5.02 Å². The van der Waals surface area contributed by atoms with Crippen LogP contribution in [0.3, 0.4) is 0 Å². The zero-order chi connectivity index (χ0) is 17.2. The third-order valence-electron chi connectivity index (χ3n) is 2.77. The van der Waals surface area contributed by atoms with E-state index in [9.17, 15) is 27.6 Å². The van der Waals surface area contributed by atoms with Crippen LogP contribution >= 0.6 is 11.6 Å². The number of nitrogens with zero attached hydrogens (tertiary/aromatic N) is 1. The first-order valence-corrected chi connectivity index (χ1v) is 6.51. The highest BCUT2D eigenvalue weighted by Crippen LogP contribution is 2.36. The third kappa shape index (κ3) is 4.22. The van der Waals surface area contributed by atoms with E-state index >= 15 is 0 Å². The molecule has 0 bridgehead atoms. The number of amides is 1. The number of halogens is 4. The van der Waals surface area contributed by atoms with Gasteiger partial charge in [0.1, 0.15) is 6.54 Å². The number of anilines is 1. The highest BCUT2D eigenvalue weighted by Gasteiger charge is 2.33. The van der Waals surface area contributed by atoms with Crippen LogP contribution in [0.25, 0.3) is 0 Å². The van der Waals surface area contributed by atoms with Crippen LogP contribution in [-0.4, -0.2) is 15.5 Å². The Bertz CT molecular complexity index is 858. The number of hydrogen-bond donors (Lipinski definition) is 2. The first-order chi connectivity index (χ1) is 10.7. The normalized spacial score (nSPS) is 11.3. The Balaban J connectivity index is 2.17. The molecule has 23 heavy (non-hydrogen) atoms. The summed E-state index contributed by atoms with van der Waals surface area (Å²) in [6, 6.07) is 3.94. The monoisotopic (exact) mass is 347 g/mol. The van der Waals surface area contributed by atoms with Gasteiger partial charge >= 0.3 is 11.9 Å². The molecule has 2 rings (SSSR count). The van der Waals surface area contributed by atoms with Crippen LogP contribution in [0.15, 0.2) is 40.1 Å². The summed E-state index contributed by atoms with van der Waals surface area (Å²) in [7, 11) is 0. The molecule has 1 amide bonds. The molecule has 1 aromatic heterocycles. The average molecular weight is 348 g/mol. The van der Waals surface area contributed by atoms with Crippen molar-refractivity contribution in [2.45, 2.75) is 12.7 Å². The van der Waals surface area contributed by atoms with Gasteiger partial charge in [0.2, 0.25) is 5.91 Å². The molecule has 0 atom stereocenters. The summed E-state index contributed by atoms with van der Waals surface area (Å²) < 4.78 is 39.1. The van der Waals surface area contributed by atoms with Crippen molar-refractivity contribution in [3.63, 3.8) is 0 Å². The van der Waals surface area contributed by atoms with Crippen LogP contribution in [0.1, 0.15) is 5.56 Å². The summed E-state index contributed by atoms with van der Waals surface area (Å²) in [5, 5.41) is 1.73. The summed E-state index contributed by atoms with van der Waals surface area (Å²) in [6.45, 7) is -0.473. The van der Waals surface area contributed by atoms with Crippen LogP contribution in [0.5, 0.6) is 0 Å². The second-order valence-electron chi connectivity index (χ2n) is 4.48. The molecule has 0 aliphatic carbocycles. The molecule has 0 fully saturated rings. The minimum Gasteiger partial charge on any atom is -0.325 e. The molecule has 0 radical (unpaired) electrons. The zero-order valence-corrected chi connectivity index (χ0v) is 12.0. The fourth-order valence-corrected chi connectivity index (χ4v) is 1.97. The second-order valence-corrected chi connectivity index (χ2v) is 4.89. The maximum Gasteiger partial charge on any atom is 0.417 e. The number of hydrogen-bond acceptors (Lipinski definition) is 3. The largest absolute Gasteiger partial charge is 0.417 e. The van der Waals surface area contributed by atoms with Gasteiger partial charge in [0, 0.05) is 18.0 Å². The number of alkyl halides is 3. The molecule has 0 saturated carbocycles. The van der Waals surface area contributed by atoms with E-state index < -0.39 is 40.5 Å². The van der Waals surface area contributed by atoms with Crippen molar-refractivity contribution in [1.82, 2.24) is 9.55 Å². The van der Waals surface area contributed by atoms with E-state index in [-0.39, 0.29) is 5.69 Å². The van der Waals surface area contributed by atoms with Gasteiger partial charge in [-0.1, -0.05) is 11.6 Å². The lowest BCUT2D eigenvalue weighted by molar-refractivity contribution is -0.137. The predicted molar refractivity (Wildman–Crippen MR) is 76.4 cm³/mol. The minimum absolute atomic E-state index is 0.121. The molecule has 122 valence electrons. The molecular formula is C13H9ClF3N3O3. The van der Waals surface area contributed by atoms with Gasteiger partial charge in [0.05, 0.1) is 10.6 Å². The van der Waals surface area contributed by atoms with Gasteiger partial charge < -0.3 is 5.32 Å². The molecule has 2 N–H and O–H groups in total. The molecule has 6 nitrogen and oxygen atoms in total. The molecule has 10 heteroatoms. The standard InChI is InChI=1S/C13H9ClF3N3O3/c14-9-2-1-7(5-8(9)13(15,16)17)18-11(22)6-20-4-3-10(21)19-12(20)23/h1-5H,6H2,(H,18,22)(H,19,21,23). The van der Waals surface area contributed by atoms with E-state index in [2.05, 4.69) is 5.32 Å². The van der Waals surface area contributed by atoms with E-state index in [1.54, 1.807) is 0 Å². The Hall–Kier alpha value is -2.55. The number of rotatable bonds is 3. The Labute approximate surface area is 131 Å². The zero-order valence-electron chi connectivity index (χ0n) is 11.3. The third-order valence-corrected chi connectivity index (χ3v) is 3.10. The molecule has 2 aromatic rings. The van der Waals surface area contributed by atoms with Crippen molar-refractivity contribution in [3.05, 3.63) is 61.9 Å². The van der Waals surface area contributed by atoms with E-state index in [1.807, 2.05) is 4.98 Å². The van der Waals surface area contributed by atoms with Crippen LogP contribution in [-0.2, 0) is 17.5 Å². The van der Waals surface area contributed by atoms with Crippen molar-refractivity contribution in [2.24, 2.45) is 0 Å². The SMILES string of the molecule is O=C(Cn1ccc(=O)[nH]c1=O)Nc1ccc(Cl)c(C(F)(F)F)c1. The van der Waals surface area contributed by atoms with Gasteiger partial charge in [-0.2, -0.15) is 13.2 Å². The number of carbonyl (C=O) groups is 1. The summed E-state index contributed by atoms with van der Waals surface area (Å²) in [5.74, 6) is -0.741. The van der Waals surface area contributed by atoms with Crippen molar-refractivity contribution in [3.8, 4) is 0 Å². The van der Waals surface area contributed by atoms with Gasteiger partial charge in [-0.15, -0.1) is 0 Å². The lowest BCUT2D eigenvalue weighted by atomic mass is 10.2. The quantitative estimate of drug-likeness (QED) is 0.888. The number of aromatic nitrogens is 2. The maximum absolute atomic E-state index is 12.7. The minimum atomic E-state index is -4.66. The first-order valence-electron chi connectivity index (χ1n) is 6.13. The highest BCUT2D eigenvalue weighted by atomic mass is 35.5. The van der Waals surface area contributed by atoms with Crippen molar-refractivity contribution in [1.29, 1.82) is 0 Å². The lowest BCUT2D eigenvalue weighted by Crippen LogP contribution is -2.32. The van der Waals surface area contributed by atoms with Gasteiger partial charge in [-0.25, -0.2) is 4.79 Å². The van der Waals surface area contributed by atoms with Gasteiger partial charge in [-0.3, -0.25) is 19.1 Å². The fourth-order valence-electron chi connectivity index (χ4n) is 1.74. The number of H-pyrrole nitrogens is 1. The molecule has 0 spiro atoms. The van der Waals surface area contributed by atoms with Gasteiger partial charge in [-0.05, 0) is 18.2 Å². The average Bonchev–Trinajstić information content (AvgIpc) is 2.43. The molecule has 0 aliphatic heterocycles. The fraction of sp³-hybridized carbons (Fsp3) is 0.154. The number of carbonyl (C=O) groups excluding carboxylic acids is 1. The smallest absolute Gasteiger partial charge is 0.325 e. The summed E-state index contributed by atoms with van der Waals surface area (Å²) >= 11 is 5.47. The molecule has 1 aromatic carbocycles. The van der Waals surface area contributed by atoms with Gasteiger partial charge in [0.25, 0.3) is 5.56 Å². The Morgan fingerprint density at radius 2 is 1.96 bits per heavy atom. The van der Waals surface area contributed by atoms with Crippen molar-refractivity contribution in [2.75, 3.05) is 5.32 Å². The van der Waals surface area contributed by atoms with Crippen molar-refractivity contribution >= 4 is 23.2 Å². The topological polar surface area (TPSA) is 84.0 Å². The van der Waals surface area contributed by atoms with E-state index in [4.69, 9.17) is 11.6 Å². The molecule has 0 aliphatic rings. The van der Waals surface area contributed by atoms with Crippen LogP contribution < -0.4 is 16.6 Å². The molecule has 0 unspecified atom stereocenters. The first kappa shape index (κ1) is 16.8. The molecular weight excluding hydrogens is 339 g/mol. The summed E-state index contributed by atoms with van der Waals surface area (Å²) in [6.07, 6.45) is -3.56. The van der Waals surface area contributed by atoms with E-state index in [0.29, 0.717) is 6.07 Å². The predicted octanol–water partition coefficient (Wildman–Crippen LogP) is 1.85. The van der Waals surface area contributed by atoms with Crippen LogP contribution in [0, 0.1) is 0 Å². The second kappa shape index (κ2) is 6.29. The molecule has 0 saturated heterocycles.